The number of carbonyl (C=O) groups is 2. The molecule has 0 aromatic carbocycles. The summed E-state index contributed by atoms with van der Waals surface area (Å²) in [4.78, 5) is 22.1. The van der Waals surface area contributed by atoms with Crippen molar-refractivity contribution in [3.05, 3.63) is 0 Å². The molecule has 0 bridgehead atoms. The first-order chi connectivity index (χ1) is 6.80. The van der Waals surface area contributed by atoms with E-state index in [-0.39, 0.29) is 6.42 Å². The molecular weight excluding hydrogens is 204 g/mol. The Morgan fingerprint density at radius 1 is 1.27 bits per heavy atom. The normalized spacial score (nSPS) is 13.1. The summed E-state index contributed by atoms with van der Waals surface area (Å²) in [6.07, 6.45) is -1.46. The molecule has 0 radical (unpaired) electrons. The summed E-state index contributed by atoms with van der Waals surface area (Å²) in [5.74, 6) is -2.87. The first-order valence-electron chi connectivity index (χ1n) is 4.35. The summed E-state index contributed by atoms with van der Waals surface area (Å²) in [5, 5.41) is 9.34. The van der Waals surface area contributed by atoms with Gasteiger partial charge in [-0.2, -0.15) is 0 Å². The molecule has 0 aromatic heterocycles. The molecule has 88 valence electrons. The third-order valence-electron chi connectivity index (χ3n) is 1.47. The lowest BCUT2D eigenvalue weighted by Crippen LogP contribution is -2.37. The summed E-state index contributed by atoms with van der Waals surface area (Å²) in [7, 11) is 2.36. The molecule has 1 atom stereocenters. The van der Waals surface area contributed by atoms with Crippen LogP contribution in [0.2, 0.25) is 0 Å². The van der Waals surface area contributed by atoms with E-state index in [0.717, 1.165) is 0 Å². The van der Waals surface area contributed by atoms with Crippen molar-refractivity contribution in [2.45, 2.75) is 32.2 Å². The lowest BCUT2D eigenvalue weighted by Gasteiger charge is -2.23. The van der Waals surface area contributed by atoms with Crippen molar-refractivity contribution in [3.63, 3.8) is 0 Å². The molecule has 6 heteroatoms. The first-order valence-corrected chi connectivity index (χ1v) is 4.35. The maximum absolute atomic E-state index is 11.2. The standard InChI is InChI=1S/C9H16O6/c1-9(2,12)15-6(8(11)14-4)5-7(10)13-3/h6,12H,5H2,1-4H3. The van der Waals surface area contributed by atoms with Gasteiger partial charge in [-0.15, -0.1) is 0 Å². The molecule has 0 saturated heterocycles. The van der Waals surface area contributed by atoms with Crippen molar-refractivity contribution in [1.82, 2.24) is 0 Å². The molecule has 0 rings (SSSR count). The van der Waals surface area contributed by atoms with Crippen LogP contribution in [0.5, 0.6) is 0 Å². The van der Waals surface area contributed by atoms with E-state index in [1.165, 1.54) is 28.1 Å². The van der Waals surface area contributed by atoms with Gasteiger partial charge >= 0.3 is 11.9 Å². The van der Waals surface area contributed by atoms with Crippen molar-refractivity contribution in [2.75, 3.05) is 14.2 Å². The molecule has 0 heterocycles. The van der Waals surface area contributed by atoms with Crippen LogP contribution in [0.25, 0.3) is 0 Å². The third-order valence-corrected chi connectivity index (χ3v) is 1.47. The highest BCUT2D eigenvalue weighted by atomic mass is 16.6. The van der Waals surface area contributed by atoms with Crippen molar-refractivity contribution >= 4 is 11.9 Å². The van der Waals surface area contributed by atoms with E-state index in [1.807, 2.05) is 0 Å². The number of hydrogen-bond donors (Lipinski definition) is 1. The highest BCUT2D eigenvalue weighted by Gasteiger charge is 2.29. The fourth-order valence-corrected chi connectivity index (χ4v) is 0.887. The van der Waals surface area contributed by atoms with Gasteiger partial charge in [0.05, 0.1) is 20.6 Å². The molecule has 1 N–H and O–H groups in total. The van der Waals surface area contributed by atoms with E-state index in [9.17, 15) is 14.7 Å². The van der Waals surface area contributed by atoms with Gasteiger partial charge < -0.3 is 19.3 Å². The van der Waals surface area contributed by atoms with Crippen molar-refractivity contribution in [3.8, 4) is 0 Å². The zero-order valence-corrected chi connectivity index (χ0v) is 9.27. The van der Waals surface area contributed by atoms with Crippen LogP contribution < -0.4 is 0 Å². The Labute approximate surface area is 88.1 Å². The lowest BCUT2D eigenvalue weighted by molar-refractivity contribution is -0.218. The number of rotatable bonds is 5. The summed E-state index contributed by atoms with van der Waals surface area (Å²) >= 11 is 0. The van der Waals surface area contributed by atoms with Crippen LogP contribution in [0.15, 0.2) is 0 Å². The minimum absolute atomic E-state index is 0.298. The van der Waals surface area contributed by atoms with E-state index < -0.39 is 23.8 Å². The van der Waals surface area contributed by atoms with Crippen LogP contribution in [-0.2, 0) is 23.8 Å². The monoisotopic (exact) mass is 220 g/mol. The van der Waals surface area contributed by atoms with Gasteiger partial charge in [0.15, 0.2) is 11.9 Å². The molecule has 0 fully saturated rings. The summed E-state index contributed by atoms with van der Waals surface area (Å²) in [6.45, 7) is 2.69. The number of hydrogen-bond acceptors (Lipinski definition) is 6. The number of esters is 2. The van der Waals surface area contributed by atoms with Gasteiger partial charge in [-0.05, 0) is 13.8 Å². The van der Waals surface area contributed by atoms with Gasteiger partial charge in [0.25, 0.3) is 0 Å². The Hall–Kier alpha value is -1.14. The molecule has 15 heavy (non-hydrogen) atoms. The second-order valence-corrected chi connectivity index (χ2v) is 3.36. The second kappa shape index (κ2) is 5.67. The van der Waals surface area contributed by atoms with Gasteiger partial charge in [0, 0.05) is 0 Å². The molecule has 0 aliphatic carbocycles. The fourth-order valence-electron chi connectivity index (χ4n) is 0.887. The highest BCUT2D eigenvalue weighted by Crippen LogP contribution is 2.12. The largest absolute Gasteiger partial charge is 0.469 e. The molecule has 0 amide bonds. The van der Waals surface area contributed by atoms with Gasteiger partial charge in [0.2, 0.25) is 0 Å². The zero-order chi connectivity index (χ0) is 12.1. The Morgan fingerprint density at radius 2 is 1.80 bits per heavy atom. The minimum Gasteiger partial charge on any atom is -0.469 e. The predicted molar refractivity (Wildman–Crippen MR) is 49.8 cm³/mol. The SMILES string of the molecule is COC(=O)CC(OC(C)(C)O)C(=O)OC. The van der Waals surface area contributed by atoms with Crippen LogP contribution in [0.3, 0.4) is 0 Å². The Morgan fingerprint density at radius 3 is 2.13 bits per heavy atom. The van der Waals surface area contributed by atoms with E-state index in [1.54, 1.807) is 0 Å². The highest BCUT2D eigenvalue weighted by molar-refractivity contribution is 5.81. The van der Waals surface area contributed by atoms with Gasteiger partial charge in [0.1, 0.15) is 0 Å². The van der Waals surface area contributed by atoms with Gasteiger partial charge in [-0.1, -0.05) is 0 Å². The molecule has 1 unspecified atom stereocenters. The van der Waals surface area contributed by atoms with E-state index in [4.69, 9.17) is 4.74 Å². The lowest BCUT2D eigenvalue weighted by atomic mass is 10.2. The Kier molecular flexibility index (Phi) is 5.24. The molecule has 0 aliphatic heterocycles. The van der Waals surface area contributed by atoms with Crippen LogP contribution >= 0.6 is 0 Å². The minimum atomic E-state index is -1.52. The molecule has 0 spiro atoms. The maximum Gasteiger partial charge on any atom is 0.335 e. The van der Waals surface area contributed by atoms with Crippen LogP contribution in [-0.4, -0.2) is 43.2 Å². The molecule has 0 aromatic rings. The van der Waals surface area contributed by atoms with Crippen molar-refractivity contribution < 1.29 is 28.9 Å². The first kappa shape index (κ1) is 13.9. The summed E-state index contributed by atoms with van der Waals surface area (Å²) in [5.41, 5.74) is 0. The third kappa shape index (κ3) is 6.03. The predicted octanol–water partition coefficient (Wildman–Crippen LogP) is -0.164. The number of carbonyl (C=O) groups excluding carboxylic acids is 2. The van der Waals surface area contributed by atoms with Crippen molar-refractivity contribution in [1.29, 1.82) is 0 Å². The topological polar surface area (TPSA) is 82.1 Å². The summed E-state index contributed by atoms with van der Waals surface area (Å²) in [6, 6.07) is 0. The van der Waals surface area contributed by atoms with Crippen LogP contribution in [0.4, 0.5) is 0 Å². The van der Waals surface area contributed by atoms with Gasteiger partial charge in [-0.25, -0.2) is 4.79 Å². The van der Waals surface area contributed by atoms with Crippen molar-refractivity contribution in [2.24, 2.45) is 0 Å². The number of ether oxygens (including phenoxy) is 3. The molecular formula is C9H16O6. The number of methoxy groups -OCH3 is 2. The molecule has 6 nitrogen and oxygen atoms in total. The van der Waals surface area contributed by atoms with Crippen LogP contribution in [0.1, 0.15) is 20.3 Å². The van der Waals surface area contributed by atoms with E-state index >= 15 is 0 Å². The van der Waals surface area contributed by atoms with E-state index in [0.29, 0.717) is 0 Å². The number of aliphatic hydroxyl groups is 1. The maximum atomic E-state index is 11.2. The average Bonchev–Trinajstić information content (AvgIpc) is 2.13. The molecule has 0 saturated carbocycles. The van der Waals surface area contributed by atoms with E-state index in [2.05, 4.69) is 9.47 Å². The Bertz CT molecular complexity index is 229. The van der Waals surface area contributed by atoms with Crippen LogP contribution in [0, 0.1) is 0 Å². The average molecular weight is 220 g/mol. The Balaban J connectivity index is 4.45. The zero-order valence-electron chi connectivity index (χ0n) is 9.27. The molecule has 0 aliphatic rings. The fraction of sp³-hybridized carbons (Fsp3) is 0.778. The van der Waals surface area contributed by atoms with Gasteiger partial charge in [-0.3, -0.25) is 4.79 Å². The smallest absolute Gasteiger partial charge is 0.335 e. The quantitative estimate of drug-likeness (QED) is 0.512. The summed E-state index contributed by atoms with van der Waals surface area (Å²) < 4.78 is 13.7. The second-order valence-electron chi connectivity index (χ2n) is 3.36.